The van der Waals surface area contributed by atoms with Crippen LogP contribution >= 0.6 is 0 Å². The van der Waals surface area contributed by atoms with E-state index >= 15 is 0 Å². The van der Waals surface area contributed by atoms with Gasteiger partial charge in [-0.2, -0.15) is 0 Å². The zero-order chi connectivity index (χ0) is 41.6. The number of aromatic hydroxyl groups is 2. The van der Waals surface area contributed by atoms with Crippen molar-refractivity contribution in [1.29, 1.82) is 0 Å². The number of carbonyl (C=O) groups excluding carboxylic acids is 1. The normalized spacial score (nSPS) is 29.9. The second-order valence-corrected chi connectivity index (χ2v) is 16.1. The molecule has 4 heterocycles. The Balaban J connectivity index is 1.18. The van der Waals surface area contributed by atoms with E-state index in [1.165, 1.54) is 29.2 Å². The molecule has 2 fully saturated rings. The molecule has 4 aliphatic heterocycles. The highest BCUT2D eigenvalue weighted by Crippen LogP contribution is 2.58. The number of aliphatic carboxylic acids is 1. The average molecular weight is 811 g/mol. The van der Waals surface area contributed by atoms with Gasteiger partial charge in [0.05, 0.1) is 23.7 Å². The summed E-state index contributed by atoms with van der Waals surface area (Å²) in [6.07, 6.45) is -0.160. The largest absolute Gasteiger partial charge is 0.508 e. The third-order valence-corrected chi connectivity index (χ3v) is 12.9. The molecule has 3 aromatic carbocycles. The van der Waals surface area contributed by atoms with Crippen molar-refractivity contribution in [2.45, 2.75) is 100.0 Å². The lowest BCUT2D eigenvalue weighted by Crippen LogP contribution is -2.60. The fourth-order valence-corrected chi connectivity index (χ4v) is 9.90. The summed E-state index contributed by atoms with van der Waals surface area (Å²) in [5.74, 6) is -3.14. The van der Waals surface area contributed by atoms with Crippen LogP contribution in [-0.4, -0.2) is 116 Å². The van der Waals surface area contributed by atoms with E-state index in [4.69, 9.17) is 9.47 Å². The molecule has 8 rings (SSSR count). The van der Waals surface area contributed by atoms with Crippen molar-refractivity contribution in [3.8, 4) is 17.2 Å². The minimum absolute atomic E-state index is 0.0624. The number of phenols is 2. The highest BCUT2D eigenvalue weighted by atomic mass is 16.7. The first kappa shape index (κ1) is 40.5. The number of carboxylic acid groups (broad SMARTS) is 1. The smallest absolute Gasteiger partial charge is 0.327 e. The third kappa shape index (κ3) is 7.35. The summed E-state index contributed by atoms with van der Waals surface area (Å²) in [7, 11) is 0. The number of nitrogens with one attached hydrogen (secondary N) is 1. The molecule has 1 saturated carbocycles. The Bertz CT molecular complexity index is 2210. The molecule has 15 heteroatoms. The van der Waals surface area contributed by atoms with Gasteiger partial charge in [-0.1, -0.05) is 44.0 Å². The molecule has 5 aliphatic rings. The number of nitrogens with zero attached hydrogens (tertiary/aromatic N) is 3. The first-order valence-corrected chi connectivity index (χ1v) is 20.2. The maximum atomic E-state index is 14.5. The molecule has 8 N–H and O–H groups in total. The van der Waals surface area contributed by atoms with Crippen LogP contribution < -0.4 is 15.0 Å². The lowest BCUT2D eigenvalue weighted by atomic mass is 9.56. The van der Waals surface area contributed by atoms with E-state index in [9.17, 15) is 45.3 Å². The van der Waals surface area contributed by atoms with Gasteiger partial charge >= 0.3 is 5.97 Å². The molecule has 0 aromatic heterocycles. The second-order valence-electron chi connectivity index (χ2n) is 16.1. The van der Waals surface area contributed by atoms with E-state index in [1.54, 1.807) is 18.2 Å². The molecule has 9 unspecified atom stereocenters. The third-order valence-electron chi connectivity index (χ3n) is 12.9. The van der Waals surface area contributed by atoms with Crippen LogP contribution in [-0.2, 0) is 26.2 Å². The summed E-state index contributed by atoms with van der Waals surface area (Å²) in [6.45, 7) is 2.34. The number of aliphatic imine (C=N–C) groups is 2. The topological polar surface area (TPSA) is 234 Å². The van der Waals surface area contributed by atoms with Crippen molar-refractivity contribution in [3.63, 3.8) is 0 Å². The number of benzene rings is 3. The zero-order valence-corrected chi connectivity index (χ0v) is 32.6. The number of amides is 1. The Labute approximate surface area is 341 Å². The van der Waals surface area contributed by atoms with Crippen LogP contribution in [0.25, 0.3) is 6.08 Å². The van der Waals surface area contributed by atoms with Crippen LogP contribution in [0.15, 0.2) is 70.7 Å². The minimum atomic E-state index is -1.79. The fourth-order valence-electron chi connectivity index (χ4n) is 9.90. The molecule has 0 spiro atoms. The number of aliphatic hydroxyl groups is 4. The predicted molar refractivity (Wildman–Crippen MR) is 218 cm³/mol. The van der Waals surface area contributed by atoms with Gasteiger partial charge in [-0.25, -0.2) is 4.79 Å². The number of ether oxygens (including phenoxy) is 2. The maximum Gasteiger partial charge on any atom is 0.327 e. The molecular formula is C44H50N4O11. The first-order valence-electron chi connectivity index (χ1n) is 20.2. The molecule has 59 heavy (non-hydrogen) atoms. The van der Waals surface area contributed by atoms with Gasteiger partial charge in [0, 0.05) is 47.7 Å². The van der Waals surface area contributed by atoms with Gasteiger partial charge in [0.15, 0.2) is 11.5 Å². The van der Waals surface area contributed by atoms with Crippen LogP contribution in [0, 0.1) is 5.92 Å². The summed E-state index contributed by atoms with van der Waals surface area (Å²) in [6, 6.07) is 14.3. The molecule has 15 nitrogen and oxygen atoms in total. The quantitative estimate of drug-likeness (QED) is 0.130. The Hall–Kier alpha value is -5.32. The van der Waals surface area contributed by atoms with Gasteiger partial charge < -0.3 is 50.5 Å². The molecular weight excluding hydrogens is 761 g/mol. The van der Waals surface area contributed by atoms with E-state index in [0.29, 0.717) is 49.2 Å². The highest BCUT2D eigenvalue weighted by molar-refractivity contribution is 6.43. The number of fused-ring (bicyclic) bond motifs is 4. The molecule has 1 aliphatic carbocycles. The standard InChI is InChI=1S/C44H50N4O11/c1-2-29-31(47-22-46-29)16-24-15-23(10-12-33(24)50)11-13-37(52)48-32-18-35(58-43-41(55)40(54)39(53)36(21-49)59-43)34(51)17-26(32)27(38(48)42(56)57)19-44-14-6-5-7-25(44)20-45-30-9-4-3-8-28(30)44/h3-4,8-13,15,17-18,25,27,36,38-41,43,45,49-51,53-55H,2,5-7,14,16,19-22H2,1H3,(H,56,57). The number of hydrogen-bond acceptors (Lipinski definition) is 13. The Morgan fingerprint density at radius 2 is 1.80 bits per heavy atom. The Morgan fingerprint density at radius 1 is 1.00 bits per heavy atom. The molecule has 312 valence electrons. The molecule has 3 aromatic rings. The van der Waals surface area contributed by atoms with E-state index in [1.807, 2.05) is 25.1 Å². The van der Waals surface area contributed by atoms with Gasteiger partial charge in [0.1, 0.15) is 42.9 Å². The van der Waals surface area contributed by atoms with Crippen LogP contribution in [0.5, 0.6) is 17.2 Å². The average Bonchev–Trinajstić information content (AvgIpc) is 3.82. The summed E-state index contributed by atoms with van der Waals surface area (Å²) in [5.41, 5.74) is 5.07. The van der Waals surface area contributed by atoms with Gasteiger partial charge in [-0.05, 0) is 78.6 Å². The maximum absolute atomic E-state index is 14.5. The lowest BCUT2D eigenvalue weighted by Gasteiger charge is -2.50. The van der Waals surface area contributed by atoms with Crippen molar-refractivity contribution >= 4 is 40.8 Å². The first-order chi connectivity index (χ1) is 28.4. The number of carboxylic acids is 1. The molecule has 1 saturated heterocycles. The predicted octanol–water partition coefficient (Wildman–Crippen LogP) is 3.62. The zero-order valence-electron chi connectivity index (χ0n) is 32.6. The molecule has 0 radical (unpaired) electrons. The van der Waals surface area contributed by atoms with E-state index in [2.05, 4.69) is 21.4 Å². The summed E-state index contributed by atoms with van der Waals surface area (Å²) >= 11 is 0. The number of para-hydroxylation sites is 1. The number of anilines is 2. The number of hydrogen-bond donors (Lipinski definition) is 8. The molecule has 0 bridgehead atoms. The number of carbonyl (C=O) groups is 2. The fraction of sp³-hybridized carbons (Fsp3) is 0.455. The van der Waals surface area contributed by atoms with Crippen LogP contribution in [0.1, 0.15) is 73.6 Å². The van der Waals surface area contributed by atoms with Crippen molar-refractivity contribution in [1.82, 2.24) is 0 Å². The lowest BCUT2D eigenvalue weighted by molar-refractivity contribution is -0.277. The van der Waals surface area contributed by atoms with Crippen molar-refractivity contribution < 1.29 is 54.8 Å². The molecule has 1 amide bonds. The Kier molecular flexibility index (Phi) is 11.2. The van der Waals surface area contributed by atoms with Gasteiger partial charge in [-0.3, -0.25) is 19.7 Å². The monoisotopic (exact) mass is 810 g/mol. The summed E-state index contributed by atoms with van der Waals surface area (Å²) in [4.78, 5) is 38.2. The Morgan fingerprint density at radius 3 is 2.58 bits per heavy atom. The molecule has 9 atom stereocenters. The number of rotatable bonds is 11. The summed E-state index contributed by atoms with van der Waals surface area (Å²) < 4.78 is 11.4. The van der Waals surface area contributed by atoms with Crippen LogP contribution in [0.2, 0.25) is 0 Å². The minimum Gasteiger partial charge on any atom is -0.508 e. The second kappa shape index (κ2) is 16.4. The van der Waals surface area contributed by atoms with Crippen molar-refractivity contribution in [2.24, 2.45) is 15.9 Å². The highest BCUT2D eigenvalue weighted by Gasteiger charge is 2.54. The van der Waals surface area contributed by atoms with Crippen molar-refractivity contribution in [2.75, 3.05) is 30.0 Å². The van der Waals surface area contributed by atoms with Crippen LogP contribution in [0.4, 0.5) is 11.4 Å². The number of phenolic OH excluding ortho intramolecular Hbond substituents is 2. The SMILES string of the molecule is CCC1=NCN=C1Cc1cc(C=CC(=O)N2c3cc(OC4OC(CO)C(O)C(O)C4O)c(O)cc3C(CC34CCCCC3CNc3ccccc34)C2C(=O)O)ccc1O. The number of aliphatic hydroxyl groups excluding tert-OH is 4. The van der Waals surface area contributed by atoms with E-state index in [-0.39, 0.29) is 23.1 Å². The van der Waals surface area contributed by atoms with Gasteiger partial charge in [0.2, 0.25) is 6.29 Å². The van der Waals surface area contributed by atoms with Gasteiger partial charge in [-0.15, -0.1) is 0 Å². The van der Waals surface area contributed by atoms with Crippen molar-refractivity contribution in [3.05, 3.63) is 82.9 Å². The van der Waals surface area contributed by atoms with E-state index < -0.39 is 72.3 Å². The van der Waals surface area contributed by atoms with Crippen LogP contribution in [0.3, 0.4) is 0 Å². The van der Waals surface area contributed by atoms with Gasteiger partial charge in [0.25, 0.3) is 5.91 Å². The van der Waals surface area contributed by atoms with E-state index in [0.717, 1.165) is 48.4 Å². The summed E-state index contributed by atoms with van der Waals surface area (Å²) in [5, 5.41) is 78.1.